The van der Waals surface area contributed by atoms with Crippen molar-refractivity contribution in [1.29, 1.82) is 0 Å². The molecule has 0 aromatic heterocycles. The van der Waals surface area contributed by atoms with Gasteiger partial charge in [-0.15, -0.1) is 0 Å². The van der Waals surface area contributed by atoms with Gasteiger partial charge >= 0.3 is 0 Å². The summed E-state index contributed by atoms with van der Waals surface area (Å²) in [7, 11) is -1.83. The predicted octanol–water partition coefficient (Wildman–Crippen LogP) is 6.76. The fourth-order valence-electron chi connectivity index (χ4n) is 3.88. The number of amides is 1. The van der Waals surface area contributed by atoms with Crippen LogP contribution in [0.15, 0.2) is 65.6 Å². The zero-order chi connectivity index (χ0) is 24.4. The van der Waals surface area contributed by atoms with E-state index >= 15 is 0 Å². The van der Waals surface area contributed by atoms with E-state index in [9.17, 15) is 17.8 Å². The van der Waals surface area contributed by atoms with E-state index in [1.807, 2.05) is 0 Å². The van der Waals surface area contributed by atoms with E-state index in [0.29, 0.717) is 46.4 Å². The van der Waals surface area contributed by atoms with Crippen molar-refractivity contribution in [3.8, 4) is 0 Å². The van der Waals surface area contributed by atoms with E-state index in [4.69, 9.17) is 34.8 Å². The second kappa shape index (κ2) is 10.6. The van der Waals surface area contributed by atoms with Crippen LogP contribution < -0.4 is 4.31 Å². The summed E-state index contributed by atoms with van der Waals surface area (Å²) in [5.41, 5.74) is 0.237. The Hall–Kier alpha value is -2.19. The third-order valence-corrected chi connectivity index (χ3v) is 7.91. The Balaban J connectivity index is 1.59. The Morgan fingerprint density at radius 3 is 2.21 bits per heavy atom. The smallest absolute Gasteiger partial charge is 0.255 e. The van der Waals surface area contributed by atoms with Gasteiger partial charge in [0.1, 0.15) is 11.6 Å². The van der Waals surface area contributed by atoms with Crippen molar-refractivity contribution in [2.75, 3.05) is 17.4 Å². The topological polar surface area (TPSA) is 40.6 Å². The van der Waals surface area contributed by atoms with E-state index in [1.165, 1.54) is 10.4 Å². The maximum absolute atomic E-state index is 14.8. The van der Waals surface area contributed by atoms with Crippen LogP contribution in [0.2, 0.25) is 15.1 Å². The van der Waals surface area contributed by atoms with Gasteiger partial charge in [-0.25, -0.2) is 13.0 Å². The summed E-state index contributed by atoms with van der Waals surface area (Å²) < 4.78 is 43.7. The van der Waals surface area contributed by atoms with Crippen molar-refractivity contribution in [1.82, 2.24) is 4.90 Å². The molecule has 3 aromatic rings. The molecule has 4 rings (SSSR count). The highest BCUT2D eigenvalue weighted by molar-refractivity contribution is 7.86. The lowest BCUT2D eigenvalue weighted by atomic mass is 10.0. The minimum Gasteiger partial charge on any atom is -0.338 e. The predicted molar refractivity (Wildman–Crippen MR) is 132 cm³/mol. The third-order valence-electron chi connectivity index (χ3n) is 5.58. The fraction of sp³-hybridized carbons (Fsp3) is 0.208. The van der Waals surface area contributed by atoms with Gasteiger partial charge in [-0.2, -0.15) is 0 Å². The Morgan fingerprint density at radius 2 is 1.56 bits per heavy atom. The van der Waals surface area contributed by atoms with Crippen LogP contribution in [-0.4, -0.2) is 34.1 Å². The molecule has 1 saturated heterocycles. The van der Waals surface area contributed by atoms with Crippen LogP contribution in [0.25, 0.3) is 0 Å². The number of rotatable bonds is 5. The molecule has 1 amide bonds. The monoisotopic (exact) mass is 542 g/mol. The van der Waals surface area contributed by atoms with Gasteiger partial charge in [0, 0.05) is 35.2 Å². The van der Waals surface area contributed by atoms with Crippen LogP contribution >= 0.6 is 34.8 Å². The van der Waals surface area contributed by atoms with Crippen LogP contribution in [0.1, 0.15) is 23.2 Å². The van der Waals surface area contributed by atoms with Crippen molar-refractivity contribution in [2.45, 2.75) is 23.8 Å². The zero-order valence-corrected chi connectivity index (χ0v) is 20.8. The molecule has 0 saturated carbocycles. The average Bonchev–Trinajstić information content (AvgIpc) is 2.82. The molecule has 0 spiro atoms. The van der Waals surface area contributed by atoms with Gasteiger partial charge in [0.05, 0.1) is 21.2 Å². The van der Waals surface area contributed by atoms with Crippen molar-refractivity contribution < 1.29 is 17.8 Å². The number of halogens is 5. The van der Waals surface area contributed by atoms with Gasteiger partial charge in [0.25, 0.3) is 5.91 Å². The minimum absolute atomic E-state index is 0.0983. The summed E-state index contributed by atoms with van der Waals surface area (Å²) in [6.45, 7) is 0.654. The van der Waals surface area contributed by atoms with E-state index in [-0.39, 0.29) is 16.6 Å². The summed E-state index contributed by atoms with van der Waals surface area (Å²) in [6, 6.07) is 13.7. The molecule has 1 unspecified atom stereocenters. The van der Waals surface area contributed by atoms with Crippen molar-refractivity contribution in [3.63, 3.8) is 0 Å². The van der Waals surface area contributed by atoms with Crippen LogP contribution in [0, 0.1) is 11.6 Å². The van der Waals surface area contributed by atoms with Gasteiger partial charge in [0.2, 0.25) is 0 Å². The molecular formula is C24H19Cl3F2N2O2S. The summed E-state index contributed by atoms with van der Waals surface area (Å²) in [4.78, 5) is 15.0. The standard InChI is InChI=1S/C24H19Cl3F2N2O2S/c25-15-1-5-19(6-2-15)34(33)31(23-14-17(28)4-8-22(23)29)18-9-11-30(12-10-18)24(32)20-7-3-16(26)13-21(20)27/h1-8,13-14,18H,9-12H2. The molecule has 0 bridgehead atoms. The van der Waals surface area contributed by atoms with Crippen LogP contribution in [0.5, 0.6) is 0 Å². The number of hydrogen-bond acceptors (Lipinski definition) is 2. The highest BCUT2D eigenvalue weighted by Gasteiger charge is 2.33. The first-order valence-electron chi connectivity index (χ1n) is 10.4. The number of anilines is 1. The van der Waals surface area contributed by atoms with Crippen molar-refractivity contribution in [2.24, 2.45) is 0 Å². The molecule has 3 aromatic carbocycles. The summed E-state index contributed by atoms with van der Waals surface area (Å²) >= 11 is 18.1. The lowest BCUT2D eigenvalue weighted by Gasteiger charge is -2.39. The van der Waals surface area contributed by atoms with Gasteiger partial charge in [-0.05, 0) is 67.4 Å². The Morgan fingerprint density at radius 1 is 0.912 bits per heavy atom. The highest BCUT2D eigenvalue weighted by atomic mass is 35.5. The van der Waals surface area contributed by atoms with Gasteiger partial charge < -0.3 is 4.90 Å². The van der Waals surface area contributed by atoms with Gasteiger partial charge in [-0.3, -0.25) is 9.10 Å². The largest absolute Gasteiger partial charge is 0.338 e. The highest BCUT2D eigenvalue weighted by Crippen LogP contribution is 2.32. The fourth-order valence-corrected chi connectivity index (χ4v) is 5.89. The molecule has 1 heterocycles. The Labute approximate surface area is 213 Å². The molecule has 1 atom stereocenters. The molecule has 10 heteroatoms. The molecule has 0 radical (unpaired) electrons. The first-order valence-corrected chi connectivity index (χ1v) is 12.6. The summed E-state index contributed by atoms with van der Waals surface area (Å²) in [5, 5.41) is 1.15. The van der Waals surface area contributed by atoms with E-state index in [1.54, 1.807) is 41.3 Å². The normalized spacial score (nSPS) is 15.3. The first-order chi connectivity index (χ1) is 16.2. The lowest BCUT2D eigenvalue weighted by Crippen LogP contribution is -2.47. The molecule has 0 N–H and O–H groups in total. The first kappa shape index (κ1) is 24.9. The SMILES string of the molecule is O=C(c1ccc(Cl)cc1Cl)N1CCC(N(c2cc(F)ccc2F)S(=O)c2ccc(Cl)cc2)CC1. The number of piperidine rings is 1. The van der Waals surface area contributed by atoms with Crippen LogP contribution in [-0.2, 0) is 11.0 Å². The average molecular weight is 544 g/mol. The minimum atomic E-state index is -1.83. The maximum Gasteiger partial charge on any atom is 0.255 e. The zero-order valence-electron chi connectivity index (χ0n) is 17.7. The number of likely N-dealkylation sites (tertiary alicyclic amines) is 1. The second-order valence-corrected chi connectivity index (χ2v) is 10.4. The molecule has 0 aliphatic carbocycles. The van der Waals surface area contributed by atoms with Crippen molar-refractivity contribution >= 4 is 57.4 Å². The number of benzene rings is 3. The number of hydrogen-bond donors (Lipinski definition) is 0. The Bertz CT molecular complexity index is 1240. The van der Waals surface area contributed by atoms with E-state index in [2.05, 4.69) is 0 Å². The number of carbonyl (C=O) groups excluding carboxylic acids is 1. The molecule has 34 heavy (non-hydrogen) atoms. The van der Waals surface area contributed by atoms with E-state index in [0.717, 1.165) is 18.2 Å². The third kappa shape index (κ3) is 5.38. The van der Waals surface area contributed by atoms with Crippen LogP contribution in [0.4, 0.5) is 14.5 Å². The summed E-state index contributed by atoms with van der Waals surface area (Å²) in [6.07, 6.45) is 0.790. The Kier molecular flexibility index (Phi) is 7.77. The maximum atomic E-state index is 14.8. The lowest BCUT2D eigenvalue weighted by molar-refractivity contribution is 0.0716. The van der Waals surface area contributed by atoms with Gasteiger partial charge in [0.15, 0.2) is 11.0 Å². The molecule has 1 fully saturated rings. The number of nitrogens with zero attached hydrogens (tertiary/aromatic N) is 2. The van der Waals surface area contributed by atoms with Gasteiger partial charge in [-0.1, -0.05) is 34.8 Å². The molecule has 4 nitrogen and oxygen atoms in total. The number of carbonyl (C=O) groups is 1. The quantitative estimate of drug-likeness (QED) is 0.357. The molecular weight excluding hydrogens is 525 g/mol. The summed E-state index contributed by atoms with van der Waals surface area (Å²) in [5.74, 6) is -1.57. The van der Waals surface area contributed by atoms with Crippen molar-refractivity contribution in [3.05, 3.63) is 92.9 Å². The molecule has 178 valence electrons. The van der Waals surface area contributed by atoms with E-state index < -0.39 is 28.7 Å². The molecule has 1 aliphatic rings. The van der Waals surface area contributed by atoms with Crippen LogP contribution in [0.3, 0.4) is 0 Å². The molecule has 1 aliphatic heterocycles. The second-order valence-electron chi connectivity index (χ2n) is 7.77.